The van der Waals surface area contributed by atoms with Gasteiger partial charge in [0.15, 0.2) is 9.84 Å². The summed E-state index contributed by atoms with van der Waals surface area (Å²) in [7, 11) is -3.23. The number of carbonyl (C=O) groups is 1. The smallest absolute Gasteiger partial charge is 0.410 e. The Labute approximate surface area is 194 Å². The number of piperidine rings is 1. The van der Waals surface area contributed by atoms with Crippen molar-refractivity contribution in [2.75, 3.05) is 32.6 Å². The van der Waals surface area contributed by atoms with Crippen LogP contribution in [0.4, 0.5) is 4.79 Å². The standard InChI is InChI=1S/C24H30N2O6S/c1-24(2,3)32-23(27)26-12-17-14-30-15-18(13-26)22(17)31-19-7-10-21(25-11-19)16-5-8-20(9-6-16)33(4,28)29/h5-11,17-18,22H,12-15H2,1-4H3. The molecule has 2 aliphatic heterocycles. The van der Waals surface area contributed by atoms with E-state index in [1.807, 2.05) is 32.9 Å². The molecule has 2 unspecified atom stereocenters. The minimum absolute atomic E-state index is 0.0493. The quantitative estimate of drug-likeness (QED) is 0.670. The predicted octanol–water partition coefficient (Wildman–Crippen LogP) is 3.41. The minimum atomic E-state index is -3.23. The Morgan fingerprint density at radius 2 is 1.70 bits per heavy atom. The van der Waals surface area contributed by atoms with Crippen molar-refractivity contribution in [3.63, 3.8) is 0 Å². The zero-order chi connectivity index (χ0) is 23.8. The fourth-order valence-electron chi connectivity index (χ4n) is 4.22. The van der Waals surface area contributed by atoms with Gasteiger partial charge in [-0.15, -0.1) is 0 Å². The van der Waals surface area contributed by atoms with Crippen LogP contribution in [0.3, 0.4) is 0 Å². The number of likely N-dealkylation sites (tertiary alicyclic amines) is 1. The highest BCUT2D eigenvalue weighted by molar-refractivity contribution is 7.90. The van der Waals surface area contributed by atoms with Crippen LogP contribution in [0, 0.1) is 11.8 Å². The fraction of sp³-hybridized carbons (Fsp3) is 0.500. The van der Waals surface area contributed by atoms with Crippen LogP contribution < -0.4 is 4.74 Å². The lowest BCUT2D eigenvalue weighted by Crippen LogP contribution is -2.59. The number of fused-ring (bicyclic) bond motifs is 2. The lowest BCUT2D eigenvalue weighted by molar-refractivity contribution is -0.112. The summed E-state index contributed by atoms with van der Waals surface area (Å²) in [5.74, 6) is 0.751. The summed E-state index contributed by atoms with van der Waals surface area (Å²) in [5, 5.41) is 0. The number of aromatic nitrogens is 1. The molecule has 4 rings (SSSR count). The summed E-state index contributed by atoms with van der Waals surface area (Å²) in [6.45, 7) is 7.68. The topological polar surface area (TPSA) is 95.0 Å². The first kappa shape index (κ1) is 23.5. The molecule has 178 valence electrons. The van der Waals surface area contributed by atoms with E-state index in [0.29, 0.717) is 32.1 Å². The third-order valence-corrected chi connectivity index (χ3v) is 6.87. The number of carbonyl (C=O) groups excluding carboxylic acids is 1. The average Bonchev–Trinajstić information content (AvgIpc) is 2.72. The average molecular weight is 475 g/mol. The van der Waals surface area contributed by atoms with E-state index >= 15 is 0 Å². The van der Waals surface area contributed by atoms with Gasteiger partial charge in [-0.25, -0.2) is 13.2 Å². The van der Waals surface area contributed by atoms with E-state index in [-0.39, 0.29) is 28.9 Å². The van der Waals surface area contributed by atoms with E-state index in [4.69, 9.17) is 14.2 Å². The summed E-state index contributed by atoms with van der Waals surface area (Å²) in [6.07, 6.45) is 2.49. The molecular formula is C24H30N2O6S. The molecule has 0 saturated carbocycles. The number of hydrogen-bond donors (Lipinski definition) is 0. The molecule has 2 saturated heterocycles. The molecule has 1 aromatic carbocycles. The normalized spacial score (nSPS) is 23.2. The van der Waals surface area contributed by atoms with Crippen molar-refractivity contribution >= 4 is 15.9 Å². The first-order valence-corrected chi connectivity index (χ1v) is 12.9. The zero-order valence-corrected chi connectivity index (χ0v) is 20.2. The highest BCUT2D eigenvalue weighted by Gasteiger charge is 2.44. The lowest BCUT2D eigenvalue weighted by atomic mass is 9.84. The van der Waals surface area contributed by atoms with Crippen molar-refractivity contribution < 1.29 is 27.4 Å². The largest absolute Gasteiger partial charge is 0.488 e. The second-order valence-electron chi connectivity index (χ2n) is 9.70. The van der Waals surface area contributed by atoms with E-state index in [1.54, 1.807) is 35.4 Å². The fourth-order valence-corrected chi connectivity index (χ4v) is 4.85. The van der Waals surface area contributed by atoms with E-state index in [1.165, 1.54) is 6.26 Å². The SMILES string of the molecule is CC(C)(C)OC(=O)N1CC2COCC(C1)C2Oc1ccc(-c2ccc(S(C)(=O)=O)cc2)nc1. The summed E-state index contributed by atoms with van der Waals surface area (Å²) < 4.78 is 40.9. The molecule has 2 bridgehead atoms. The van der Waals surface area contributed by atoms with Gasteiger partial charge in [0.2, 0.25) is 0 Å². The Balaban J connectivity index is 1.42. The number of sulfone groups is 1. The second kappa shape index (κ2) is 8.95. The monoisotopic (exact) mass is 474 g/mol. The van der Waals surface area contributed by atoms with E-state index in [0.717, 1.165) is 11.3 Å². The zero-order valence-electron chi connectivity index (χ0n) is 19.4. The molecule has 3 heterocycles. The Morgan fingerprint density at radius 1 is 1.06 bits per heavy atom. The van der Waals surface area contributed by atoms with E-state index in [2.05, 4.69) is 4.98 Å². The molecule has 2 fully saturated rings. The molecule has 1 amide bonds. The highest BCUT2D eigenvalue weighted by atomic mass is 32.2. The number of rotatable bonds is 4. The minimum Gasteiger partial charge on any atom is -0.488 e. The van der Waals surface area contributed by atoms with Crippen molar-refractivity contribution in [1.82, 2.24) is 9.88 Å². The van der Waals surface area contributed by atoms with Crippen LogP contribution >= 0.6 is 0 Å². The predicted molar refractivity (Wildman–Crippen MR) is 123 cm³/mol. The van der Waals surface area contributed by atoms with Gasteiger partial charge in [-0.2, -0.15) is 0 Å². The lowest BCUT2D eigenvalue weighted by Gasteiger charge is -2.46. The maximum Gasteiger partial charge on any atom is 0.410 e. The molecule has 8 nitrogen and oxygen atoms in total. The molecule has 0 N–H and O–H groups in total. The Hall–Kier alpha value is -2.65. The molecular weight excluding hydrogens is 444 g/mol. The van der Waals surface area contributed by atoms with Gasteiger partial charge in [0, 0.05) is 36.7 Å². The summed E-state index contributed by atoms with van der Waals surface area (Å²) in [4.78, 5) is 19.1. The number of benzene rings is 1. The van der Waals surface area contributed by atoms with Gasteiger partial charge in [-0.05, 0) is 45.0 Å². The highest BCUT2D eigenvalue weighted by Crippen LogP contribution is 2.32. The Kier molecular flexibility index (Phi) is 6.37. The molecule has 1 aromatic heterocycles. The molecule has 33 heavy (non-hydrogen) atoms. The van der Waals surface area contributed by atoms with Crippen molar-refractivity contribution in [2.45, 2.75) is 37.4 Å². The number of nitrogens with zero attached hydrogens (tertiary/aromatic N) is 2. The number of pyridine rings is 1. The van der Waals surface area contributed by atoms with Crippen LogP contribution in [-0.4, -0.2) is 68.7 Å². The first-order chi connectivity index (χ1) is 15.5. The van der Waals surface area contributed by atoms with Crippen molar-refractivity contribution in [2.24, 2.45) is 11.8 Å². The second-order valence-corrected chi connectivity index (χ2v) is 11.7. The maximum absolute atomic E-state index is 12.5. The molecule has 2 aromatic rings. The number of hydrogen-bond acceptors (Lipinski definition) is 7. The van der Waals surface area contributed by atoms with Gasteiger partial charge in [0.25, 0.3) is 0 Å². The number of ether oxygens (including phenoxy) is 3. The van der Waals surface area contributed by atoms with Crippen molar-refractivity contribution in [3.05, 3.63) is 42.6 Å². The van der Waals surface area contributed by atoms with Crippen LogP contribution in [0.5, 0.6) is 5.75 Å². The molecule has 2 aliphatic rings. The van der Waals surface area contributed by atoms with E-state index in [9.17, 15) is 13.2 Å². The Morgan fingerprint density at radius 3 is 2.21 bits per heavy atom. The van der Waals surface area contributed by atoms with E-state index < -0.39 is 15.4 Å². The van der Waals surface area contributed by atoms with Crippen LogP contribution in [-0.2, 0) is 19.3 Å². The van der Waals surface area contributed by atoms with Gasteiger partial charge >= 0.3 is 6.09 Å². The van der Waals surface area contributed by atoms with Crippen LogP contribution in [0.2, 0.25) is 0 Å². The van der Waals surface area contributed by atoms with Crippen molar-refractivity contribution in [3.8, 4) is 17.0 Å². The summed E-state index contributed by atoms with van der Waals surface area (Å²) >= 11 is 0. The van der Waals surface area contributed by atoms with Gasteiger partial charge in [-0.3, -0.25) is 4.98 Å². The molecule has 2 atom stereocenters. The van der Waals surface area contributed by atoms with Crippen molar-refractivity contribution in [1.29, 1.82) is 0 Å². The number of amides is 1. The third kappa shape index (κ3) is 5.65. The summed E-state index contributed by atoms with van der Waals surface area (Å²) in [5.41, 5.74) is 1.02. The van der Waals surface area contributed by atoms with Crippen LogP contribution in [0.25, 0.3) is 11.3 Å². The van der Waals surface area contributed by atoms with Gasteiger partial charge in [0.1, 0.15) is 17.5 Å². The molecule has 0 aliphatic carbocycles. The molecule has 9 heteroatoms. The summed E-state index contributed by atoms with van der Waals surface area (Å²) in [6, 6.07) is 10.4. The van der Waals surface area contributed by atoms with Gasteiger partial charge in [0.05, 0.1) is 30.0 Å². The van der Waals surface area contributed by atoms with Gasteiger partial charge < -0.3 is 19.1 Å². The maximum atomic E-state index is 12.5. The molecule has 0 radical (unpaired) electrons. The van der Waals surface area contributed by atoms with Gasteiger partial charge in [-0.1, -0.05) is 12.1 Å². The first-order valence-electron chi connectivity index (χ1n) is 11.0. The third-order valence-electron chi connectivity index (χ3n) is 5.74. The Bertz CT molecular complexity index is 1080. The molecule has 0 spiro atoms. The van der Waals surface area contributed by atoms with Crippen LogP contribution in [0.15, 0.2) is 47.5 Å². The van der Waals surface area contributed by atoms with Crippen LogP contribution in [0.1, 0.15) is 20.8 Å².